The average molecular weight is 489 g/mol. The Morgan fingerprint density at radius 1 is 1.05 bits per heavy atom. The number of esters is 2. The van der Waals surface area contributed by atoms with E-state index in [0.717, 1.165) is 6.07 Å². The summed E-state index contributed by atoms with van der Waals surface area (Å²) >= 11 is 3.61. The molecule has 0 bridgehead atoms. The Labute approximate surface area is 135 Å². The van der Waals surface area contributed by atoms with Crippen LogP contribution >= 0.6 is 45.2 Å². The molecule has 6 nitrogen and oxygen atoms in total. The number of aromatic carboxylic acids is 1. The van der Waals surface area contributed by atoms with Crippen LogP contribution in [-0.4, -0.2) is 26.8 Å². The lowest BCUT2D eigenvalue weighted by molar-refractivity contribution is -0.255. The number of ether oxygens (including phenoxy) is 2. The van der Waals surface area contributed by atoms with E-state index in [0.29, 0.717) is 0 Å². The van der Waals surface area contributed by atoms with E-state index in [1.165, 1.54) is 12.1 Å². The summed E-state index contributed by atoms with van der Waals surface area (Å²) in [7, 11) is 0. The number of alkyl halides is 2. The molecular formula is C11H7I2O6-. The molecule has 0 atom stereocenters. The Bertz CT molecular complexity index is 514. The van der Waals surface area contributed by atoms with Crippen molar-refractivity contribution < 1.29 is 29.0 Å². The van der Waals surface area contributed by atoms with Crippen molar-refractivity contribution in [1.82, 2.24) is 0 Å². The van der Waals surface area contributed by atoms with Gasteiger partial charge in [0.25, 0.3) is 0 Å². The van der Waals surface area contributed by atoms with Crippen LogP contribution < -0.4 is 14.6 Å². The third kappa shape index (κ3) is 4.93. The molecule has 0 spiro atoms. The van der Waals surface area contributed by atoms with E-state index in [4.69, 9.17) is 9.47 Å². The summed E-state index contributed by atoms with van der Waals surface area (Å²) in [6.45, 7) is 0. The molecule has 1 aromatic rings. The third-order valence-corrected chi connectivity index (χ3v) is 3.09. The molecule has 0 aliphatic rings. The molecule has 0 amide bonds. The van der Waals surface area contributed by atoms with Crippen molar-refractivity contribution in [3.8, 4) is 11.5 Å². The van der Waals surface area contributed by atoms with Gasteiger partial charge in [0.05, 0.1) is 14.8 Å². The molecule has 0 saturated carbocycles. The zero-order valence-electron chi connectivity index (χ0n) is 9.35. The lowest BCUT2D eigenvalue weighted by Gasteiger charge is -2.11. The molecule has 0 N–H and O–H groups in total. The highest BCUT2D eigenvalue weighted by Crippen LogP contribution is 2.25. The third-order valence-electron chi connectivity index (χ3n) is 1.85. The number of hydrogen-bond donors (Lipinski definition) is 0. The van der Waals surface area contributed by atoms with Gasteiger partial charge >= 0.3 is 11.9 Å². The van der Waals surface area contributed by atoms with Crippen molar-refractivity contribution >= 4 is 63.1 Å². The largest absolute Gasteiger partial charge is 0.545 e. The molecular weight excluding hydrogens is 482 g/mol. The van der Waals surface area contributed by atoms with Crippen molar-refractivity contribution in [2.45, 2.75) is 0 Å². The van der Waals surface area contributed by atoms with Gasteiger partial charge in [-0.1, -0.05) is 45.2 Å². The number of halogens is 2. The van der Waals surface area contributed by atoms with Crippen LogP contribution in [0.15, 0.2) is 18.2 Å². The molecule has 0 aliphatic heterocycles. The molecule has 0 aromatic heterocycles. The van der Waals surface area contributed by atoms with Gasteiger partial charge in [-0.2, -0.15) is 0 Å². The first-order chi connectivity index (χ1) is 8.97. The van der Waals surface area contributed by atoms with Crippen molar-refractivity contribution in [3.63, 3.8) is 0 Å². The van der Waals surface area contributed by atoms with E-state index < -0.39 is 17.9 Å². The second-order valence-electron chi connectivity index (χ2n) is 3.16. The van der Waals surface area contributed by atoms with Gasteiger partial charge in [-0.15, -0.1) is 0 Å². The summed E-state index contributed by atoms with van der Waals surface area (Å²) in [4.78, 5) is 33.2. The van der Waals surface area contributed by atoms with E-state index in [9.17, 15) is 19.5 Å². The quantitative estimate of drug-likeness (QED) is 0.262. The van der Waals surface area contributed by atoms with E-state index in [-0.39, 0.29) is 25.9 Å². The zero-order valence-corrected chi connectivity index (χ0v) is 13.7. The number of benzene rings is 1. The summed E-state index contributed by atoms with van der Waals surface area (Å²) in [5.41, 5.74) is -0.285. The maximum atomic E-state index is 11.2. The number of carbonyl (C=O) groups excluding carboxylic acids is 3. The second kappa shape index (κ2) is 7.62. The van der Waals surface area contributed by atoms with Gasteiger partial charge < -0.3 is 19.4 Å². The number of carboxylic acid groups (broad SMARTS) is 1. The Hall–Kier alpha value is -0.910. The van der Waals surface area contributed by atoms with E-state index in [2.05, 4.69) is 0 Å². The maximum Gasteiger partial charge on any atom is 0.321 e. The van der Waals surface area contributed by atoms with Crippen LogP contribution in [0.3, 0.4) is 0 Å². The Morgan fingerprint density at radius 2 is 1.63 bits per heavy atom. The van der Waals surface area contributed by atoms with Crippen molar-refractivity contribution in [2.24, 2.45) is 0 Å². The Morgan fingerprint density at radius 3 is 2.16 bits per heavy atom. The average Bonchev–Trinajstić information content (AvgIpc) is 2.38. The van der Waals surface area contributed by atoms with E-state index in [1.807, 2.05) is 22.6 Å². The molecule has 0 saturated heterocycles. The first kappa shape index (κ1) is 16.1. The summed E-state index contributed by atoms with van der Waals surface area (Å²) in [6.07, 6.45) is 0. The van der Waals surface area contributed by atoms with Gasteiger partial charge in [-0.3, -0.25) is 9.59 Å². The van der Waals surface area contributed by atoms with Crippen LogP contribution in [0.25, 0.3) is 0 Å². The summed E-state index contributed by atoms with van der Waals surface area (Å²) in [5, 5.41) is 10.9. The Kier molecular flexibility index (Phi) is 6.48. The first-order valence-electron chi connectivity index (χ1n) is 4.86. The maximum absolute atomic E-state index is 11.2. The lowest BCUT2D eigenvalue weighted by Crippen LogP contribution is -2.24. The van der Waals surface area contributed by atoms with Gasteiger partial charge in [-0.25, -0.2) is 0 Å². The fourth-order valence-electron chi connectivity index (χ4n) is 1.13. The SMILES string of the molecule is O=C(CI)Oc1ccc(C(=O)[O-])c(OC(=O)CI)c1. The van der Waals surface area contributed by atoms with Gasteiger partial charge in [0.15, 0.2) is 0 Å². The number of rotatable bonds is 5. The molecule has 0 fully saturated rings. The van der Waals surface area contributed by atoms with Crippen molar-refractivity contribution in [1.29, 1.82) is 0 Å². The normalized spacial score (nSPS) is 9.79. The lowest BCUT2D eigenvalue weighted by atomic mass is 10.2. The van der Waals surface area contributed by atoms with Crippen LogP contribution in [0.5, 0.6) is 11.5 Å². The summed E-state index contributed by atoms with van der Waals surface area (Å²) < 4.78 is 9.95. The summed E-state index contributed by atoms with van der Waals surface area (Å²) in [5.74, 6) is -2.69. The number of carboxylic acids is 1. The van der Waals surface area contributed by atoms with E-state index >= 15 is 0 Å². The van der Waals surface area contributed by atoms with Crippen LogP contribution in [0, 0.1) is 0 Å². The molecule has 1 rings (SSSR count). The van der Waals surface area contributed by atoms with Crippen LogP contribution in [0.4, 0.5) is 0 Å². The molecule has 8 heteroatoms. The second-order valence-corrected chi connectivity index (χ2v) is 4.69. The predicted molar refractivity (Wildman–Crippen MR) is 79.8 cm³/mol. The predicted octanol–water partition coefficient (Wildman–Crippen LogP) is 0.731. The van der Waals surface area contributed by atoms with E-state index in [1.54, 1.807) is 22.6 Å². The minimum absolute atomic E-state index is 0.0576. The standard InChI is InChI=1S/C11H8I2O6/c12-4-9(14)18-6-1-2-7(11(16)17)8(3-6)19-10(15)5-13/h1-3H,4-5H2,(H,16,17)/p-1. The highest BCUT2D eigenvalue weighted by molar-refractivity contribution is 14.1. The zero-order chi connectivity index (χ0) is 14.4. The van der Waals surface area contributed by atoms with Crippen LogP contribution in [0.2, 0.25) is 0 Å². The number of carbonyl (C=O) groups is 3. The fraction of sp³-hybridized carbons (Fsp3) is 0.182. The molecule has 102 valence electrons. The highest BCUT2D eigenvalue weighted by Gasteiger charge is 2.12. The number of hydrogen-bond acceptors (Lipinski definition) is 6. The van der Waals surface area contributed by atoms with Crippen molar-refractivity contribution in [2.75, 3.05) is 8.86 Å². The van der Waals surface area contributed by atoms with Gasteiger partial charge in [-0.05, 0) is 12.1 Å². The van der Waals surface area contributed by atoms with Gasteiger partial charge in [0.2, 0.25) is 0 Å². The molecule has 19 heavy (non-hydrogen) atoms. The fourth-order valence-corrected chi connectivity index (χ4v) is 1.44. The van der Waals surface area contributed by atoms with Crippen molar-refractivity contribution in [3.05, 3.63) is 23.8 Å². The van der Waals surface area contributed by atoms with Gasteiger partial charge in [0.1, 0.15) is 11.5 Å². The summed E-state index contributed by atoms with van der Waals surface area (Å²) in [6, 6.07) is 3.61. The smallest absolute Gasteiger partial charge is 0.321 e. The monoisotopic (exact) mass is 489 g/mol. The topological polar surface area (TPSA) is 92.7 Å². The molecule has 0 heterocycles. The minimum atomic E-state index is -1.48. The Balaban J connectivity index is 3.07. The minimum Gasteiger partial charge on any atom is -0.545 e. The molecule has 0 aliphatic carbocycles. The van der Waals surface area contributed by atoms with Crippen LogP contribution in [-0.2, 0) is 9.59 Å². The first-order valence-corrected chi connectivity index (χ1v) is 7.91. The molecule has 1 aromatic carbocycles. The van der Waals surface area contributed by atoms with Gasteiger partial charge in [0, 0.05) is 11.6 Å². The van der Waals surface area contributed by atoms with Crippen LogP contribution in [0.1, 0.15) is 10.4 Å². The molecule has 0 radical (unpaired) electrons. The molecule has 0 unspecified atom stereocenters. The highest BCUT2D eigenvalue weighted by atomic mass is 127.